The minimum absolute atomic E-state index is 0.0814. The molecule has 2 aromatic rings. The van der Waals surface area contributed by atoms with Crippen molar-refractivity contribution in [2.24, 2.45) is 0 Å². The lowest BCUT2D eigenvalue weighted by Crippen LogP contribution is -2.43. The van der Waals surface area contributed by atoms with Crippen molar-refractivity contribution in [3.63, 3.8) is 0 Å². The van der Waals surface area contributed by atoms with E-state index >= 15 is 0 Å². The monoisotopic (exact) mass is 323 g/mol. The molecule has 6 nitrogen and oxygen atoms in total. The van der Waals surface area contributed by atoms with Gasteiger partial charge in [-0.25, -0.2) is 9.78 Å². The highest BCUT2D eigenvalue weighted by Gasteiger charge is 2.26. The van der Waals surface area contributed by atoms with Crippen molar-refractivity contribution in [1.29, 1.82) is 0 Å². The van der Waals surface area contributed by atoms with Crippen molar-refractivity contribution in [2.45, 2.75) is 32.3 Å². The molecule has 2 rings (SSSR count). The molecular weight excluding hydrogens is 302 g/mol. The Labute approximate surface area is 133 Å². The van der Waals surface area contributed by atoms with Crippen LogP contribution in [0.2, 0.25) is 0 Å². The summed E-state index contributed by atoms with van der Waals surface area (Å²) in [5.74, 6) is 0.423. The number of aliphatic hydroxyl groups is 1. The number of aromatic nitrogens is 1. The van der Waals surface area contributed by atoms with Crippen LogP contribution in [0, 0.1) is 6.92 Å². The van der Waals surface area contributed by atoms with Crippen LogP contribution in [0.25, 0.3) is 0 Å². The Morgan fingerprint density at radius 3 is 2.95 bits per heavy atom. The summed E-state index contributed by atoms with van der Waals surface area (Å²) < 4.78 is 5.15. The molecule has 0 bridgehead atoms. The maximum Gasteiger partial charge on any atom is 0.314 e. The summed E-state index contributed by atoms with van der Waals surface area (Å²) >= 11 is 1.64. The number of hydrogen-bond acceptors (Lipinski definition) is 5. The third kappa shape index (κ3) is 4.85. The van der Waals surface area contributed by atoms with Gasteiger partial charge < -0.3 is 20.2 Å². The highest BCUT2D eigenvalue weighted by molar-refractivity contribution is 7.09. The SMILES string of the molecule is Cc1csc(CCCNC(=O)NCC(C)(O)c2ccco2)n1. The van der Waals surface area contributed by atoms with Crippen molar-refractivity contribution < 1.29 is 14.3 Å². The Kier molecular flexibility index (Phi) is 5.57. The smallest absolute Gasteiger partial charge is 0.314 e. The largest absolute Gasteiger partial charge is 0.466 e. The predicted molar refractivity (Wildman–Crippen MR) is 84.9 cm³/mol. The Bertz CT molecular complexity index is 593. The minimum Gasteiger partial charge on any atom is -0.466 e. The fraction of sp³-hybridized carbons (Fsp3) is 0.467. The molecule has 0 radical (unpaired) electrons. The van der Waals surface area contributed by atoms with E-state index in [4.69, 9.17) is 4.42 Å². The molecule has 0 saturated carbocycles. The van der Waals surface area contributed by atoms with Crippen LogP contribution in [0.4, 0.5) is 4.79 Å². The lowest BCUT2D eigenvalue weighted by molar-refractivity contribution is 0.0367. The van der Waals surface area contributed by atoms with Gasteiger partial charge in [-0.15, -0.1) is 11.3 Å². The number of thiazole rings is 1. The first kappa shape index (κ1) is 16.5. The number of nitrogens with one attached hydrogen (secondary N) is 2. The number of rotatable bonds is 7. The third-order valence-corrected chi connectivity index (χ3v) is 4.19. The Hall–Kier alpha value is -1.86. The number of amides is 2. The number of carbonyl (C=O) groups is 1. The van der Waals surface area contributed by atoms with Gasteiger partial charge in [0, 0.05) is 24.0 Å². The van der Waals surface area contributed by atoms with Crippen LogP contribution in [0.5, 0.6) is 0 Å². The van der Waals surface area contributed by atoms with E-state index in [0.29, 0.717) is 12.3 Å². The molecular formula is C15H21N3O3S. The van der Waals surface area contributed by atoms with E-state index in [1.54, 1.807) is 30.4 Å². The van der Waals surface area contributed by atoms with Crippen molar-refractivity contribution >= 4 is 17.4 Å². The number of nitrogens with zero attached hydrogens (tertiary/aromatic N) is 1. The van der Waals surface area contributed by atoms with Gasteiger partial charge in [0.25, 0.3) is 0 Å². The number of urea groups is 1. The zero-order valence-corrected chi connectivity index (χ0v) is 13.6. The average molecular weight is 323 g/mol. The van der Waals surface area contributed by atoms with Crippen molar-refractivity contribution in [1.82, 2.24) is 15.6 Å². The third-order valence-electron chi connectivity index (χ3n) is 3.16. The first-order chi connectivity index (χ1) is 10.5. The molecule has 0 aliphatic rings. The quantitative estimate of drug-likeness (QED) is 0.682. The van der Waals surface area contributed by atoms with E-state index in [0.717, 1.165) is 23.5 Å². The maximum atomic E-state index is 11.7. The molecule has 7 heteroatoms. The van der Waals surface area contributed by atoms with Gasteiger partial charge in [-0.1, -0.05) is 0 Å². The van der Waals surface area contributed by atoms with E-state index in [9.17, 15) is 9.90 Å². The van der Waals surface area contributed by atoms with Crippen molar-refractivity contribution in [2.75, 3.05) is 13.1 Å². The van der Waals surface area contributed by atoms with Gasteiger partial charge in [0.05, 0.1) is 17.8 Å². The highest BCUT2D eigenvalue weighted by Crippen LogP contribution is 2.19. The molecule has 1 atom stereocenters. The Balaban J connectivity index is 1.64. The number of furan rings is 1. The van der Waals surface area contributed by atoms with Crippen molar-refractivity contribution in [3.8, 4) is 0 Å². The van der Waals surface area contributed by atoms with Crippen LogP contribution in [0.15, 0.2) is 28.2 Å². The summed E-state index contributed by atoms with van der Waals surface area (Å²) in [5.41, 5.74) is -0.190. The summed E-state index contributed by atoms with van der Waals surface area (Å²) in [6.07, 6.45) is 3.17. The van der Waals surface area contributed by atoms with Crippen LogP contribution in [-0.4, -0.2) is 29.2 Å². The number of hydrogen-bond donors (Lipinski definition) is 3. The topological polar surface area (TPSA) is 87.4 Å². The van der Waals surface area contributed by atoms with Crippen molar-refractivity contribution in [3.05, 3.63) is 40.2 Å². The van der Waals surface area contributed by atoms with Gasteiger partial charge in [0.2, 0.25) is 0 Å². The van der Waals surface area contributed by atoms with Gasteiger partial charge in [0.15, 0.2) is 0 Å². The second-order valence-electron chi connectivity index (χ2n) is 5.35. The molecule has 0 aliphatic carbocycles. The molecule has 3 N–H and O–H groups in total. The fourth-order valence-corrected chi connectivity index (χ4v) is 2.76. The Morgan fingerprint density at radius 2 is 2.32 bits per heavy atom. The molecule has 22 heavy (non-hydrogen) atoms. The van der Waals surface area contributed by atoms with E-state index in [2.05, 4.69) is 15.6 Å². The zero-order chi connectivity index (χ0) is 16.0. The van der Waals surface area contributed by atoms with Gasteiger partial charge in [-0.05, 0) is 32.4 Å². The standard InChI is InChI=1S/C15H21N3O3S/c1-11-9-22-13(18-11)6-3-7-16-14(19)17-10-15(2,20)12-5-4-8-21-12/h4-5,8-9,20H,3,6-7,10H2,1-2H3,(H2,16,17,19). The van der Waals surface area contributed by atoms with Gasteiger partial charge in [-0.2, -0.15) is 0 Å². The summed E-state index contributed by atoms with van der Waals surface area (Å²) in [6.45, 7) is 4.21. The van der Waals surface area contributed by atoms with Crippen LogP contribution >= 0.6 is 11.3 Å². The lowest BCUT2D eigenvalue weighted by atomic mass is 10.0. The van der Waals surface area contributed by atoms with E-state index in [-0.39, 0.29) is 12.6 Å². The maximum absolute atomic E-state index is 11.7. The fourth-order valence-electron chi connectivity index (χ4n) is 1.95. The minimum atomic E-state index is -1.22. The molecule has 2 amide bonds. The lowest BCUT2D eigenvalue weighted by Gasteiger charge is -2.21. The second-order valence-corrected chi connectivity index (χ2v) is 6.29. The average Bonchev–Trinajstić information content (AvgIpc) is 3.13. The van der Waals surface area contributed by atoms with Crippen LogP contribution in [0.3, 0.4) is 0 Å². The first-order valence-corrected chi connectivity index (χ1v) is 8.04. The summed E-state index contributed by atoms with van der Waals surface area (Å²) in [4.78, 5) is 16.1. The van der Waals surface area contributed by atoms with E-state index < -0.39 is 5.60 Å². The van der Waals surface area contributed by atoms with Crippen LogP contribution < -0.4 is 10.6 Å². The molecule has 0 fully saturated rings. The van der Waals surface area contributed by atoms with Crippen LogP contribution in [-0.2, 0) is 12.0 Å². The van der Waals surface area contributed by atoms with E-state index in [1.165, 1.54) is 6.26 Å². The summed E-state index contributed by atoms with van der Waals surface area (Å²) in [5, 5.41) is 18.7. The number of aryl methyl sites for hydroxylation is 2. The molecule has 0 aromatic carbocycles. The molecule has 0 aliphatic heterocycles. The molecule has 0 spiro atoms. The first-order valence-electron chi connectivity index (χ1n) is 7.16. The Morgan fingerprint density at radius 1 is 1.50 bits per heavy atom. The summed E-state index contributed by atoms with van der Waals surface area (Å²) in [7, 11) is 0. The van der Waals surface area contributed by atoms with Gasteiger partial charge in [-0.3, -0.25) is 0 Å². The highest BCUT2D eigenvalue weighted by atomic mass is 32.1. The summed E-state index contributed by atoms with van der Waals surface area (Å²) in [6, 6.07) is 3.07. The molecule has 0 saturated heterocycles. The second kappa shape index (κ2) is 7.42. The van der Waals surface area contributed by atoms with Crippen LogP contribution in [0.1, 0.15) is 29.8 Å². The normalized spacial score (nSPS) is 13.6. The van der Waals surface area contributed by atoms with E-state index in [1.807, 2.05) is 12.3 Å². The molecule has 2 aromatic heterocycles. The van der Waals surface area contributed by atoms with Gasteiger partial charge in [0.1, 0.15) is 11.4 Å². The number of carbonyl (C=O) groups excluding carboxylic acids is 1. The molecule has 2 heterocycles. The zero-order valence-electron chi connectivity index (χ0n) is 12.8. The molecule has 120 valence electrons. The molecule has 1 unspecified atom stereocenters. The van der Waals surface area contributed by atoms with Gasteiger partial charge >= 0.3 is 6.03 Å². The predicted octanol–water partition coefficient (Wildman–Crippen LogP) is 2.18.